The summed E-state index contributed by atoms with van der Waals surface area (Å²) >= 11 is 6.55. The highest BCUT2D eigenvalue weighted by molar-refractivity contribution is 6.36. The Bertz CT molecular complexity index is 1440. The quantitative estimate of drug-likeness (QED) is 0.145. The summed E-state index contributed by atoms with van der Waals surface area (Å²) in [6, 6.07) is 5.92. The van der Waals surface area contributed by atoms with Crippen LogP contribution >= 0.6 is 11.6 Å². The van der Waals surface area contributed by atoms with Crippen LogP contribution in [0.2, 0.25) is 5.02 Å². The number of benzene rings is 1. The normalized spacial score (nSPS) is 16.2. The standard InChI is InChI=1S/C32H40ClFN8O/c1-7-22(3)30(23(4)11-12-35-6)25-17-26(33)19-28(18-25)39-24(5)9-10-27(36-8-2)20-38-41-32-37-21-29(34)31(40-32)42-13-15-43-16-14-42/h8-12,17-21,24,39H,2,7,13-16H2,1,3-6H3,(H,37,40,41)/b10-9-,23-11-,30-22-,35-12?,36-27?,38-20+. The molecule has 0 amide bonds. The van der Waals surface area contributed by atoms with E-state index in [2.05, 4.69) is 69.2 Å². The number of hydrogen-bond donors (Lipinski definition) is 2. The number of aliphatic imine (C=N–C) groups is 2. The lowest BCUT2D eigenvalue weighted by atomic mass is 9.92. The lowest BCUT2D eigenvalue weighted by molar-refractivity contribution is 0.122. The smallest absolute Gasteiger partial charge is 0.245 e. The fraction of sp³-hybridized carbons (Fsp3) is 0.344. The molecule has 1 fully saturated rings. The second-order valence-corrected chi connectivity index (χ2v) is 10.3. The van der Waals surface area contributed by atoms with E-state index in [1.807, 2.05) is 42.2 Å². The monoisotopic (exact) mass is 606 g/mol. The number of nitrogens with one attached hydrogen (secondary N) is 2. The van der Waals surface area contributed by atoms with Crippen molar-refractivity contribution in [3.05, 3.63) is 83.0 Å². The highest BCUT2D eigenvalue weighted by Crippen LogP contribution is 2.32. The molecule has 0 aliphatic carbocycles. The molecule has 11 heteroatoms. The second-order valence-electron chi connectivity index (χ2n) is 9.86. The van der Waals surface area contributed by atoms with Gasteiger partial charge in [0.05, 0.1) is 31.3 Å². The average molecular weight is 607 g/mol. The van der Waals surface area contributed by atoms with Crippen molar-refractivity contribution < 1.29 is 9.13 Å². The van der Waals surface area contributed by atoms with E-state index in [9.17, 15) is 4.39 Å². The van der Waals surface area contributed by atoms with Crippen molar-refractivity contribution >= 4 is 52.8 Å². The summed E-state index contributed by atoms with van der Waals surface area (Å²) in [7, 11) is 1.76. The van der Waals surface area contributed by atoms with Gasteiger partial charge in [-0.05, 0) is 74.3 Å². The average Bonchev–Trinajstić information content (AvgIpc) is 2.99. The van der Waals surface area contributed by atoms with Gasteiger partial charge in [0.2, 0.25) is 5.95 Å². The lowest BCUT2D eigenvalue weighted by Gasteiger charge is -2.27. The Morgan fingerprint density at radius 1 is 1.26 bits per heavy atom. The van der Waals surface area contributed by atoms with Crippen LogP contribution < -0.4 is 15.6 Å². The molecule has 1 atom stereocenters. The Balaban J connectivity index is 1.71. The molecule has 1 aromatic carbocycles. The minimum Gasteiger partial charge on any atom is -0.379 e. The number of aromatic nitrogens is 2. The first-order chi connectivity index (χ1) is 20.7. The zero-order valence-electron chi connectivity index (χ0n) is 25.4. The molecule has 0 radical (unpaired) electrons. The van der Waals surface area contributed by atoms with Crippen molar-refractivity contribution in [3.8, 4) is 0 Å². The summed E-state index contributed by atoms with van der Waals surface area (Å²) in [5.74, 6) is -0.105. The highest BCUT2D eigenvalue weighted by Gasteiger charge is 2.18. The number of allylic oxidation sites excluding steroid dienone is 5. The topological polar surface area (TPSA) is 99.4 Å². The van der Waals surface area contributed by atoms with E-state index in [-0.39, 0.29) is 17.8 Å². The van der Waals surface area contributed by atoms with E-state index < -0.39 is 5.82 Å². The van der Waals surface area contributed by atoms with Gasteiger partial charge in [-0.25, -0.2) is 14.8 Å². The lowest BCUT2D eigenvalue weighted by Crippen LogP contribution is -2.37. The second kappa shape index (κ2) is 17.1. The summed E-state index contributed by atoms with van der Waals surface area (Å²) < 4.78 is 19.7. The van der Waals surface area contributed by atoms with E-state index >= 15 is 0 Å². The van der Waals surface area contributed by atoms with E-state index in [1.165, 1.54) is 18.0 Å². The summed E-state index contributed by atoms with van der Waals surface area (Å²) in [6.45, 7) is 14.2. The van der Waals surface area contributed by atoms with Crippen LogP contribution in [0.4, 0.5) is 21.8 Å². The predicted octanol–water partition coefficient (Wildman–Crippen LogP) is 6.98. The molecule has 1 saturated heterocycles. The molecular weight excluding hydrogens is 567 g/mol. The minimum atomic E-state index is -0.494. The van der Waals surface area contributed by atoms with Crippen LogP contribution in [-0.4, -0.2) is 67.5 Å². The zero-order valence-corrected chi connectivity index (χ0v) is 26.2. The zero-order chi connectivity index (χ0) is 31.2. The van der Waals surface area contributed by atoms with Gasteiger partial charge in [0.1, 0.15) is 0 Å². The number of ether oxygens (including phenoxy) is 1. The number of halogens is 2. The molecule has 2 N–H and O–H groups in total. The number of anilines is 3. The summed E-state index contributed by atoms with van der Waals surface area (Å²) in [4.78, 5) is 18.4. The first-order valence-electron chi connectivity index (χ1n) is 14.1. The fourth-order valence-electron chi connectivity index (χ4n) is 4.42. The van der Waals surface area contributed by atoms with E-state index in [4.69, 9.17) is 16.3 Å². The van der Waals surface area contributed by atoms with Gasteiger partial charge in [0.25, 0.3) is 0 Å². The number of hydrogen-bond acceptors (Lipinski definition) is 9. The third-order valence-corrected chi connectivity index (χ3v) is 6.82. The molecule has 3 rings (SSSR count). The number of nitrogens with zero attached hydrogens (tertiary/aromatic N) is 6. The third-order valence-electron chi connectivity index (χ3n) is 6.60. The molecular formula is C32H40ClFN8O. The van der Waals surface area contributed by atoms with Gasteiger partial charge in [0, 0.05) is 49.3 Å². The van der Waals surface area contributed by atoms with Gasteiger partial charge in [-0.15, -0.1) is 0 Å². The molecule has 0 spiro atoms. The Hall–Kier alpha value is -4.15. The van der Waals surface area contributed by atoms with Gasteiger partial charge in [-0.3, -0.25) is 9.98 Å². The summed E-state index contributed by atoms with van der Waals surface area (Å²) in [5.41, 5.74) is 8.76. The van der Waals surface area contributed by atoms with Crippen LogP contribution in [-0.2, 0) is 4.74 Å². The molecule has 0 bridgehead atoms. The minimum absolute atomic E-state index is 0.0669. The van der Waals surface area contributed by atoms with Gasteiger partial charge in [0.15, 0.2) is 11.6 Å². The Labute approximate surface area is 258 Å². The van der Waals surface area contributed by atoms with Crippen LogP contribution in [0.25, 0.3) is 5.57 Å². The van der Waals surface area contributed by atoms with Gasteiger partial charge >= 0.3 is 0 Å². The molecule has 228 valence electrons. The van der Waals surface area contributed by atoms with Crippen LogP contribution in [0.3, 0.4) is 0 Å². The van der Waals surface area contributed by atoms with Crippen LogP contribution in [0.1, 0.15) is 39.7 Å². The SMILES string of the molecule is C=CN=C(/C=C\C(C)Nc1cc(Cl)cc(C(/C(C)=C\C=NC)=C(/C)CC)c1)/C=N/Nc1ncc(F)c(N2CCOCC2)n1. The molecule has 1 unspecified atom stereocenters. The third kappa shape index (κ3) is 10.3. The van der Waals surface area contributed by atoms with Gasteiger partial charge in [-0.1, -0.05) is 36.8 Å². The van der Waals surface area contributed by atoms with Gasteiger partial charge < -0.3 is 15.0 Å². The highest BCUT2D eigenvalue weighted by atomic mass is 35.5. The maximum Gasteiger partial charge on any atom is 0.245 e. The maximum atomic E-state index is 14.3. The Kier molecular flexibility index (Phi) is 13.3. The number of morpholine rings is 1. The van der Waals surface area contributed by atoms with Crippen molar-refractivity contribution in [3.63, 3.8) is 0 Å². The van der Waals surface area contributed by atoms with Crippen molar-refractivity contribution in [2.75, 3.05) is 49.0 Å². The number of hydrazone groups is 1. The molecule has 2 aromatic rings. The molecule has 9 nitrogen and oxygen atoms in total. The molecule has 1 aliphatic rings. The van der Waals surface area contributed by atoms with Crippen molar-refractivity contribution in [1.29, 1.82) is 0 Å². The van der Waals surface area contributed by atoms with Gasteiger partial charge in [-0.2, -0.15) is 10.1 Å². The summed E-state index contributed by atoms with van der Waals surface area (Å²) in [5, 5.41) is 8.32. The first-order valence-corrected chi connectivity index (χ1v) is 14.5. The molecule has 1 aromatic heterocycles. The molecule has 43 heavy (non-hydrogen) atoms. The van der Waals surface area contributed by atoms with E-state index in [0.717, 1.165) is 35.0 Å². The number of rotatable bonds is 13. The molecule has 1 aliphatic heterocycles. The van der Waals surface area contributed by atoms with Crippen LogP contribution in [0, 0.1) is 5.82 Å². The Morgan fingerprint density at radius 2 is 2.02 bits per heavy atom. The van der Waals surface area contributed by atoms with Crippen LogP contribution in [0.15, 0.2) is 81.6 Å². The molecule has 0 saturated carbocycles. The Morgan fingerprint density at radius 3 is 2.72 bits per heavy atom. The van der Waals surface area contributed by atoms with E-state index in [1.54, 1.807) is 13.3 Å². The largest absolute Gasteiger partial charge is 0.379 e. The van der Waals surface area contributed by atoms with Crippen molar-refractivity contribution in [1.82, 2.24) is 9.97 Å². The van der Waals surface area contributed by atoms with Crippen molar-refractivity contribution in [2.24, 2.45) is 15.1 Å². The van der Waals surface area contributed by atoms with Crippen LogP contribution in [0.5, 0.6) is 0 Å². The van der Waals surface area contributed by atoms with Crippen molar-refractivity contribution in [2.45, 2.75) is 40.2 Å². The van der Waals surface area contributed by atoms with E-state index in [0.29, 0.717) is 37.0 Å². The fourth-order valence-corrected chi connectivity index (χ4v) is 4.65. The maximum absolute atomic E-state index is 14.3. The first kappa shape index (κ1) is 33.4. The summed E-state index contributed by atoms with van der Waals surface area (Å²) in [6.07, 6.45) is 12.6. The molecule has 2 heterocycles. The predicted molar refractivity (Wildman–Crippen MR) is 180 cm³/mol.